The van der Waals surface area contributed by atoms with Crippen LogP contribution in [-0.4, -0.2) is 48.8 Å². The van der Waals surface area contributed by atoms with Gasteiger partial charge in [0.2, 0.25) is 0 Å². The van der Waals surface area contributed by atoms with Gasteiger partial charge in [0.05, 0.1) is 44.3 Å². The smallest absolute Gasteiger partial charge is 0.321 e. The predicted octanol–water partition coefficient (Wildman–Crippen LogP) is 2.84. The van der Waals surface area contributed by atoms with Gasteiger partial charge in [-0.2, -0.15) is 0 Å². The summed E-state index contributed by atoms with van der Waals surface area (Å²) in [5, 5.41) is 6.20. The summed E-state index contributed by atoms with van der Waals surface area (Å²) in [6, 6.07) is 1.46. The number of fused-ring (bicyclic) bond motifs is 1. The first-order valence-corrected chi connectivity index (χ1v) is 10.3. The number of amides is 2. The molecule has 0 unspecified atom stereocenters. The first-order chi connectivity index (χ1) is 14.0. The highest BCUT2D eigenvalue weighted by Crippen LogP contribution is 2.33. The van der Waals surface area contributed by atoms with Crippen LogP contribution >= 0.6 is 22.9 Å². The number of hydrogen-bond donors (Lipinski definition) is 2. The fourth-order valence-electron chi connectivity index (χ4n) is 2.86. The van der Waals surface area contributed by atoms with Gasteiger partial charge in [-0.1, -0.05) is 22.9 Å². The van der Waals surface area contributed by atoms with Gasteiger partial charge in [0.25, 0.3) is 0 Å². The van der Waals surface area contributed by atoms with E-state index >= 15 is 0 Å². The van der Waals surface area contributed by atoms with E-state index in [2.05, 4.69) is 25.5 Å². The molecule has 2 N–H and O–H groups in total. The van der Waals surface area contributed by atoms with Crippen molar-refractivity contribution in [2.45, 2.75) is 26.3 Å². The minimum atomic E-state index is -0.399. The molecule has 29 heavy (non-hydrogen) atoms. The Morgan fingerprint density at radius 1 is 1.41 bits per heavy atom. The monoisotopic (exact) mass is 439 g/mol. The van der Waals surface area contributed by atoms with Crippen molar-refractivity contribution in [1.29, 1.82) is 0 Å². The van der Waals surface area contributed by atoms with E-state index in [9.17, 15) is 9.59 Å². The Bertz CT molecular complexity index is 891. The number of carbonyl (C=O) groups is 2. The summed E-state index contributed by atoms with van der Waals surface area (Å²) >= 11 is 7.43. The highest BCUT2D eigenvalue weighted by molar-refractivity contribution is 7.15. The molecule has 2 amide bonds. The van der Waals surface area contributed by atoms with E-state index in [1.165, 1.54) is 11.3 Å². The third-order valence-corrected chi connectivity index (χ3v) is 5.53. The molecule has 0 saturated heterocycles. The summed E-state index contributed by atoms with van der Waals surface area (Å²) < 4.78 is 10.1. The lowest BCUT2D eigenvalue weighted by Crippen LogP contribution is -2.31. The van der Waals surface area contributed by atoms with Gasteiger partial charge in [-0.05, 0) is 6.92 Å². The Morgan fingerprint density at radius 2 is 2.24 bits per heavy atom. The molecule has 1 aliphatic heterocycles. The van der Waals surface area contributed by atoms with Crippen LogP contribution < -0.4 is 20.3 Å². The van der Waals surface area contributed by atoms with Gasteiger partial charge < -0.3 is 19.7 Å². The van der Waals surface area contributed by atoms with Gasteiger partial charge in [-0.15, -0.1) is 0 Å². The number of thiazole rings is 1. The number of ether oxygens (including phenoxy) is 2. The number of aromatic nitrogens is 2. The maximum Gasteiger partial charge on any atom is 0.321 e. The molecular formula is C18H22ClN5O4S. The van der Waals surface area contributed by atoms with Crippen LogP contribution in [0.5, 0.6) is 5.75 Å². The molecule has 156 valence electrons. The molecule has 3 rings (SSSR count). The third-order valence-electron chi connectivity index (χ3n) is 4.25. The molecule has 0 aliphatic carbocycles. The molecule has 0 fully saturated rings. The lowest BCUT2D eigenvalue weighted by atomic mass is 10.1. The average Bonchev–Trinajstić information content (AvgIpc) is 3.09. The van der Waals surface area contributed by atoms with Crippen molar-refractivity contribution < 1.29 is 19.1 Å². The van der Waals surface area contributed by atoms with Gasteiger partial charge in [0, 0.05) is 30.5 Å². The highest BCUT2D eigenvalue weighted by Gasteiger charge is 2.22. The number of nitrogens with one attached hydrogen (secondary N) is 2. The molecule has 1 aliphatic rings. The highest BCUT2D eigenvalue weighted by atomic mass is 35.5. The van der Waals surface area contributed by atoms with E-state index < -0.39 is 6.03 Å². The van der Waals surface area contributed by atoms with Gasteiger partial charge in [0.15, 0.2) is 16.0 Å². The van der Waals surface area contributed by atoms with Crippen molar-refractivity contribution in [2.24, 2.45) is 0 Å². The molecule has 11 heteroatoms. The molecule has 0 atom stereocenters. The number of esters is 1. The first kappa shape index (κ1) is 21.1. The van der Waals surface area contributed by atoms with Crippen LogP contribution in [0.3, 0.4) is 0 Å². The van der Waals surface area contributed by atoms with Crippen LogP contribution in [0.4, 0.5) is 15.6 Å². The zero-order chi connectivity index (χ0) is 20.8. The van der Waals surface area contributed by atoms with Crippen LogP contribution in [0, 0.1) is 0 Å². The molecule has 0 bridgehead atoms. The zero-order valence-corrected chi connectivity index (χ0v) is 17.7. The molecule has 2 aromatic rings. The Labute approximate surface area is 177 Å². The van der Waals surface area contributed by atoms with Gasteiger partial charge >= 0.3 is 12.0 Å². The number of pyridine rings is 1. The van der Waals surface area contributed by atoms with Crippen molar-refractivity contribution in [2.75, 3.05) is 37.0 Å². The van der Waals surface area contributed by atoms with Crippen LogP contribution in [0.1, 0.15) is 23.9 Å². The topological polar surface area (TPSA) is 106 Å². The standard InChI is InChI=1S/C18H22ClN5O4S/c1-3-28-15(25)4-6-20-17(26)23-18-22-12-5-7-24(10-14(12)29-18)11-8-13(27-2)16(19)21-9-11/h8-9H,3-7,10H2,1-2H3,(H2,20,22,23,26). The van der Waals surface area contributed by atoms with Crippen LogP contribution in [0.25, 0.3) is 0 Å². The van der Waals surface area contributed by atoms with Crippen molar-refractivity contribution in [3.63, 3.8) is 0 Å². The van der Waals surface area contributed by atoms with Crippen LogP contribution in [-0.2, 0) is 22.5 Å². The molecule has 0 spiro atoms. The van der Waals surface area contributed by atoms with E-state index in [-0.39, 0.29) is 18.9 Å². The second kappa shape index (κ2) is 9.75. The van der Waals surface area contributed by atoms with Gasteiger partial charge in [0.1, 0.15) is 0 Å². The van der Waals surface area contributed by atoms with Gasteiger partial charge in [-0.25, -0.2) is 14.8 Å². The second-order valence-electron chi connectivity index (χ2n) is 6.18. The molecule has 9 nitrogen and oxygen atoms in total. The summed E-state index contributed by atoms with van der Waals surface area (Å²) in [5.41, 5.74) is 1.89. The quantitative estimate of drug-likeness (QED) is 0.504. The minimum absolute atomic E-state index is 0.128. The maximum atomic E-state index is 12.0. The van der Waals surface area contributed by atoms with Crippen molar-refractivity contribution in [3.05, 3.63) is 28.0 Å². The fraction of sp³-hybridized carbons (Fsp3) is 0.444. The molecule has 0 aromatic carbocycles. The second-order valence-corrected chi connectivity index (χ2v) is 7.62. The van der Waals surface area contributed by atoms with E-state index in [4.69, 9.17) is 21.1 Å². The molecule has 0 radical (unpaired) electrons. The van der Waals surface area contributed by atoms with Crippen LogP contribution in [0.15, 0.2) is 12.3 Å². The lowest BCUT2D eigenvalue weighted by molar-refractivity contribution is -0.142. The van der Waals surface area contributed by atoms with E-state index in [0.717, 1.165) is 29.2 Å². The van der Waals surface area contributed by atoms with Crippen molar-refractivity contribution >= 4 is 45.8 Å². The number of halogens is 1. The Kier molecular flexibility index (Phi) is 7.10. The van der Waals surface area contributed by atoms with Gasteiger partial charge in [-0.3, -0.25) is 10.1 Å². The zero-order valence-electron chi connectivity index (χ0n) is 16.2. The normalized spacial score (nSPS) is 12.9. The first-order valence-electron chi connectivity index (χ1n) is 9.13. The number of carbonyl (C=O) groups excluding carboxylic acids is 2. The third kappa shape index (κ3) is 5.48. The fourth-order valence-corrected chi connectivity index (χ4v) is 4.05. The minimum Gasteiger partial charge on any atom is -0.493 e. The van der Waals surface area contributed by atoms with E-state index in [1.807, 2.05) is 6.07 Å². The number of anilines is 2. The average molecular weight is 440 g/mol. The summed E-state index contributed by atoms with van der Waals surface area (Å²) in [6.07, 6.45) is 2.60. The number of urea groups is 1. The molecule has 0 saturated carbocycles. The van der Waals surface area contributed by atoms with E-state index in [0.29, 0.717) is 29.2 Å². The Balaban J connectivity index is 1.56. The summed E-state index contributed by atoms with van der Waals surface area (Å²) in [4.78, 5) is 35.2. The number of rotatable bonds is 7. The molecule has 2 aromatic heterocycles. The van der Waals surface area contributed by atoms with Crippen molar-refractivity contribution in [3.8, 4) is 5.75 Å². The lowest BCUT2D eigenvalue weighted by Gasteiger charge is -2.28. The summed E-state index contributed by atoms with van der Waals surface area (Å²) in [6.45, 7) is 3.70. The molecular weight excluding hydrogens is 418 g/mol. The Morgan fingerprint density at radius 3 is 3.00 bits per heavy atom. The molecule has 3 heterocycles. The van der Waals surface area contributed by atoms with Crippen molar-refractivity contribution in [1.82, 2.24) is 15.3 Å². The largest absolute Gasteiger partial charge is 0.493 e. The SMILES string of the molecule is CCOC(=O)CCNC(=O)Nc1nc2c(s1)CN(c1cnc(Cl)c(OC)c1)CC2. The summed E-state index contributed by atoms with van der Waals surface area (Å²) in [7, 11) is 1.56. The predicted molar refractivity (Wildman–Crippen MR) is 111 cm³/mol. The maximum absolute atomic E-state index is 12.0. The number of hydrogen-bond acceptors (Lipinski definition) is 8. The number of methoxy groups -OCH3 is 1. The van der Waals surface area contributed by atoms with Crippen LogP contribution in [0.2, 0.25) is 5.15 Å². The number of nitrogens with zero attached hydrogens (tertiary/aromatic N) is 3. The Hall–Kier alpha value is -2.59. The van der Waals surface area contributed by atoms with E-state index in [1.54, 1.807) is 20.2 Å². The summed E-state index contributed by atoms with van der Waals surface area (Å²) in [5.74, 6) is 0.187.